The summed E-state index contributed by atoms with van der Waals surface area (Å²) in [4.78, 5) is 0. The molecule has 0 saturated carbocycles. The highest BCUT2D eigenvalue weighted by atomic mass is 35.5. The molecule has 0 saturated heterocycles. The second-order valence-corrected chi connectivity index (χ2v) is 4.51. The number of nitrogens with one attached hydrogen (secondary N) is 1. The Balaban J connectivity index is 2.09. The minimum Gasteiger partial charge on any atom is -0.379 e. The fraction of sp³-hybridized carbons (Fsp3) is 0.385. The van der Waals surface area contributed by atoms with E-state index in [0.29, 0.717) is 6.04 Å². The van der Waals surface area contributed by atoms with E-state index in [9.17, 15) is 0 Å². The van der Waals surface area contributed by atoms with Crippen molar-refractivity contribution in [3.63, 3.8) is 0 Å². The molecule has 80 valence electrons. The highest BCUT2D eigenvalue weighted by molar-refractivity contribution is 6.30. The summed E-state index contributed by atoms with van der Waals surface area (Å²) in [6.07, 6.45) is 8.24. The lowest BCUT2D eigenvalue weighted by Gasteiger charge is -2.20. The molecule has 1 aromatic rings. The zero-order valence-corrected chi connectivity index (χ0v) is 9.72. The van der Waals surface area contributed by atoms with Crippen LogP contribution in [0.15, 0.2) is 30.4 Å². The van der Waals surface area contributed by atoms with E-state index in [0.717, 1.165) is 5.02 Å². The third-order valence-electron chi connectivity index (χ3n) is 2.78. The lowest BCUT2D eigenvalue weighted by atomic mass is 10.0. The lowest BCUT2D eigenvalue weighted by Crippen LogP contribution is -2.19. The van der Waals surface area contributed by atoms with Crippen molar-refractivity contribution in [1.29, 1.82) is 0 Å². The van der Waals surface area contributed by atoms with Gasteiger partial charge in [0, 0.05) is 16.8 Å². The van der Waals surface area contributed by atoms with Crippen LogP contribution in [-0.4, -0.2) is 6.04 Å². The highest BCUT2D eigenvalue weighted by Gasteiger charge is 2.08. The molecule has 1 aliphatic carbocycles. The van der Waals surface area contributed by atoms with E-state index in [4.69, 9.17) is 11.6 Å². The normalized spacial score (nSPS) is 20.3. The van der Waals surface area contributed by atoms with E-state index in [2.05, 4.69) is 30.5 Å². The van der Waals surface area contributed by atoms with Crippen molar-refractivity contribution in [1.82, 2.24) is 0 Å². The van der Waals surface area contributed by atoms with Gasteiger partial charge in [-0.2, -0.15) is 0 Å². The summed E-state index contributed by atoms with van der Waals surface area (Å²) in [6, 6.07) is 6.47. The minimum atomic E-state index is 0.485. The van der Waals surface area contributed by atoms with Crippen LogP contribution in [0.2, 0.25) is 5.02 Å². The molecule has 1 unspecified atom stereocenters. The molecule has 2 heteroatoms. The first-order valence-electron chi connectivity index (χ1n) is 5.45. The van der Waals surface area contributed by atoms with Crippen LogP contribution in [0, 0.1) is 6.92 Å². The Morgan fingerprint density at radius 3 is 2.93 bits per heavy atom. The molecular weight excluding hydrogens is 206 g/mol. The van der Waals surface area contributed by atoms with Gasteiger partial charge in [0.2, 0.25) is 0 Å². The lowest BCUT2D eigenvalue weighted by molar-refractivity contribution is 0.673. The SMILES string of the molecule is Cc1cc(Cl)ccc1NC1C=CCCC1. The molecule has 0 heterocycles. The molecular formula is C13H16ClN. The van der Waals surface area contributed by atoms with Crippen LogP contribution in [0.3, 0.4) is 0 Å². The first-order valence-corrected chi connectivity index (χ1v) is 5.83. The molecule has 2 rings (SSSR count). The van der Waals surface area contributed by atoms with E-state index < -0.39 is 0 Å². The molecule has 1 nitrogen and oxygen atoms in total. The fourth-order valence-corrected chi connectivity index (χ4v) is 2.15. The molecule has 1 N–H and O–H groups in total. The smallest absolute Gasteiger partial charge is 0.0444 e. The van der Waals surface area contributed by atoms with Gasteiger partial charge in [0.15, 0.2) is 0 Å². The third kappa shape index (κ3) is 2.75. The maximum Gasteiger partial charge on any atom is 0.0444 e. The number of hydrogen-bond donors (Lipinski definition) is 1. The van der Waals surface area contributed by atoms with Crippen LogP contribution in [0.4, 0.5) is 5.69 Å². The quantitative estimate of drug-likeness (QED) is 0.740. The first-order chi connectivity index (χ1) is 7.25. The summed E-state index contributed by atoms with van der Waals surface area (Å²) < 4.78 is 0. The summed E-state index contributed by atoms with van der Waals surface area (Å²) in [5.41, 5.74) is 2.40. The van der Waals surface area contributed by atoms with Gasteiger partial charge >= 0.3 is 0 Å². The minimum absolute atomic E-state index is 0.485. The van der Waals surface area contributed by atoms with Gasteiger partial charge in [0.05, 0.1) is 0 Å². The third-order valence-corrected chi connectivity index (χ3v) is 3.02. The Kier molecular flexibility index (Phi) is 3.32. The van der Waals surface area contributed by atoms with Gasteiger partial charge in [-0.25, -0.2) is 0 Å². The van der Waals surface area contributed by atoms with Crippen LogP contribution in [0.5, 0.6) is 0 Å². The van der Waals surface area contributed by atoms with Gasteiger partial charge in [-0.05, 0) is 49.9 Å². The molecule has 0 spiro atoms. The van der Waals surface area contributed by atoms with Gasteiger partial charge in [-0.1, -0.05) is 23.8 Å². The molecule has 0 amide bonds. The van der Waals surface area contributed by atoms with Crippen molar-refractivity contribution < 1.29 is 0 Å². The molecule has 0 bridgehead atoms. The monoisotopic (exact) mass is 221 g/mol. The Morgan fingerprint density at radius 1 is 1.40 bits per heavy atom. The number of hydrogen-bond acceptors (Lipinski definition) is 1. The van der Waals surface area contributed by atoms with Crippen molar-refractivity contribution in [2.45, 2.75) is 32.2 Å². The van der Waals surface area contributed by atoms with Crippen LogP contribution in [0.25, 0.3) is 0 Å². The average Bonchev–Trinajstić information content (AvgIpc) is 2.24. The van der Waals surface area contributed by atoms with Gasteiger partial charge in [0.1, 0.15) is 0 Å². The molecule has 1 aliphatic rings. The van der Waals surface area contributed by atoms with Crippen LogP contribution in [-0.2, 0) is 0 Å². The number of halogens is 1. The first kappa shape index (κ1) is 10.6. The standard InChI is InChI=1S/C13H16ClN/c1-10-9-11(14)7-8-13(10)15-12-5-3-2-4-6-12/h3,5,7-9,12,15H,2,4,6H2,1H3. The number of anilines is 1. The van der Waals surface area contributed by atoms with Crippen molar-refractivity contribution in [2.24, 2.45) is 0 Å². The summed E-state index contributed by atoms with van der Waals surface area (Å²) in [5, 5.41) is 4.33. The summed E-state index contributed by atoms with van der Waals surface area (Å²) in [7, 11) is 0. The summed E-state index contributed by atoms with van der Waals surface area (Å²) >= 11 is 5.92. The fourth-order valence-electron chi connectivity index (χ4n) is 1.92. The topological polar surface area (TPSA) is 12.0 Å². The molecule has 1 aromatic carbocycles. The average molecular weight is 222 g/mol. The Bertz CT molecular complexity index is 371. The van der Waals surface area contributed by atoms with Crippen LogP contribution < -0.4 is 5.32 Å². The maximum absolute atomic E-state index is 5.92. The molecule has 1 atom stereocenters. The van der Waals surface area contributed by atoms with Crippen molar-refractivity contribution >= 4 is 17.3 Å². The Hall–Kier alpha value is -0.950. The van der Waals surface area contributed by atoms with Crippen molar-refractivity contribution in [3.8, 4) is 0 Å². The van der Waals surface area contributed by atoms with Crippen LogP contribution in [0.1, 0.15) is 24.8 Å². The van der Waals surface area contributed by atoms with E-state index in [1.54, 1.807) is 0 Å². The van der Waals surface area contributed by atoms with E-state index in [-0.39, 0.29) is 0 Å². The van der Waals surface area contributed by atoms with E-state index >= 15 is 0 Å². The van der Waals surface area contributed by atoms with Crippen molar-refractivity contribution in [2.75, 3.05) is 5.32 Å². The predicted molar refractivity (Wildman–Crippen MR) is 66.6 cm³/mol. The number of aryl methyl sites for hydroxylation is 1. The summed E-state index contributed by atoms with van der Waals surface area (Å²) in [5.74, 6) is 0. The maximum atomic E-state index is 5.92. The molecule has 0 fully saturated rings. The molecule has 0 aromatic heterocycles. The van der Waals surface area contributed by atoms with Crippen molar-refractivity contribution in [3.05, 3.63) is 40.9 Å². The number of benzene rings is 1. The number of rotatable bonds is 2. The largest absolute Gasteiger partial charge is 0.379 e. The second kappa shape index (κ2) is 4.71. The van der Waals surface area contributed by atoms with Gasteiger partial charge in [-0.3, -0.25) is 0 Å². The molecule has 0 radical (unpaired) electrons. The van der Waals surface area contributed by atoms with E-state index in [1.165, 1.54) is 30.5 Å². The zero-order valence-electron chi connectivity index (χ0n) is 8.96. The Labute approximate surface area is 96.1 Å². The molecule has 0 aliphatic heterocycles. The summed E-state index contributed by atoms with van der Waals surface area (Å²) in [6.45, 7) is 2.08. The second-order valence-electron chi connectivity index (χ2n) is 4.07. The number of allylic oxidation sites excluding steroid dienone is 1. The Morgan fingerprint density at radius 2 is 2.27 bits per heavy atom. The van der Waals surface area contributed by atoms with Gasteiger partial charge in [0.25, 0.3) is 0 Å². The van der Waals surface area contributed by atoms with Crippen LogP contribution >= 0.6 is 11.6 Å². The highest BCUT2D eigenvalue weighted by Crippen LogP contribution is 2.22. The predicted octanol–water partition coefficient (Wildman–Crippen LogP) is 4.17. The van der Waals surface area contributed by atoms with Gasteiger partial charge < -0.3 is 5.32 Å². The van der Waals surface area contributed by atoms with E-state index in [1.807, 2.05) is 12.1 Å². The zero-order chi connectivity index (χ0) is 10.7. The molecule has 15 heavy (non-hydrogen) atoms. The van der Waals surface area contributed by atoms with Gasteiger partial charge in [-0.15, -0.1) is 0 Å².